The Morgan fingerprint density at radius 3 is 2.62 bits per heavy atom. The average Bonchev–Trinajstić information content (AvgIpc) is 3.55. The Hall–Kier alpha value is -4.79. The smallest absolute Gasteiger partial charge is 0.277 e. The normalized spacial score (nSPS) is 12.4. The number of aromatic nitrogens is 6. The lowest BCUT2D eigenvalue weighted by Gasteiger charge is -2.16. The van der Waals surface area contributed by atoms with Gasteiger partial charge in [0.15, 0.2) is 5.75 Å². The molecule has 4 heterocycles. The Morgan fingerprint density at radius 2 is 1.95 bits per heavy atom. The Labute approximate surface area is 223 Å². The molecule has 1 aromatic carbocycles. The third-order valence-corrected chi connectivity index (χ3v) is 6.26. The van der Waals surface area contributed by atoms with E-state index in [9.17, 15) is 8.78 Å². The summed E-state index contributed by atoms with van der Waals surface area (Å²) in [7, 11) is 3.19. The number of para-hydroxylation sites is 1. The molecule has 3 aromatic heterocycles. The van der Waals surface area contributed by atoms with Crippen LogP contribution in [-0.4, -0.2) is 49.4 Å². The van der Waals surface area contributed by atoms with Crippen LogP contribution in [0.5, 0.6) is 5.75 Å². The van der Waals surface area contributed by atoms with Gasteiger partial charge in [0.1, 0.15) is 11.4 Å². The molecule has 0 atom stereocenters. The molecule has 198 valence electrons. The minimum absolute atomic E-state index is 0.0523. The number of fused-ring (bicyclic) bond motifs is 1. The SMILES string of the molecule is [C-]#[N+]c1nc(Cc2cc(Nc3cccc(-c4nnn(C)n4)c3OC)c3c(n2)CC(C(F)F)=N3)ccc1C(C)C. The standard InChI is InChI=1S/C27H25F2N9O/c1-14(2)17-10-9-15(32-26(17)30-3)11-16-12-20(23-21(31-16)13-22(34-23)25(28)29)33-19-8-6-7-18(24(19)39-5)27-35-37-38(4)36-27/h6-10,12,14,25H,11,13H2,1-2,4-5H3,(H,31,33). The van der Waals surface area contributed by atoms with Gasteiger partial charge in [0.25, 0.3) is 12.2 Å². The highest BCUT2D eigenvalue weighted by molar-refractivity contribution is 5.98. The molecule has 0 spiro atoms. The van der Waals surface area contributed by atoms with Crippen molar-refractivity contribution in [2.75, 3.05) is 12.4 Å². The quantitative estimate of drug-likeness (QED) is 0.297. The van der Waals surface area contributed by atoms with Crippen LogP contribution < -0.4 is 10.1 Å². The molecule has 0 saturated carbocycles. The van der Waals surface area contributed by atoms with Crippen LogP contribution >= 0.6 is 0 Å². The van der Waals surface area contributed by atoms with Crippen LogP contribution in [0.1, 0.15) is 42.4 Å². The van der Waals surface area contributed by atoms with E-state index in [0.29, 0.717) is 63.5 Å². The molecule has 4 aromatic rings. The van der Waals surface area contributed by atoms with E-state index in [4.69, 9.17) is 11.3 Å². The van der Waals surface area contributed by atoms with Crippen molar-refractivity contribution in [2.45, 2.75) is 39.0 Å². The topological polar surface area (TPSA) is 107 Å². The van der Waals surface area contributed by atoms with Crippen molar-refractivity contribution in [1.82, 2.24) is 30.2 Å². The summed E-state index contributed by atoms with van der Waals surface area (Å²) >= 11 is 0. The first-order chi connectivity index (χ1) is 18.8. The van der Waals surface area contributed by atoms with Crippen molar-refractivity contribution in [2.24, 2.45) is 12.0 Å². The van der Waals surface area contributed by atoms with Gasteiger partial charge in [0, 0.05) is 6.42 Å². The number of hydrogen-bond donors (Lipinski definition) is 1. The van der Waals surface area contributed by atoms with Gasteiger partial charge in [-0.3, -0.25) is 4.98 Å². The number of aliphatic imine (C=N–C) groups is 1. The third-order valence-electron chi connectivity index (χ3n) is 6.26. The van der Waals surface area contributed by atoms with E-state index >= 15 is 0 Å². The van der Waals surface area contributed by atoms with Crippen molar-refractivity contribution in [3.63, 3.8) is 0 Å². The van der Waals surface area contributed by atoms with Crippen molar-refractivity contribution >= 4 is 28.6 Å². The molecule has 0 unspecified atom stereocenters. The zero-order valence-corrected chi connectivity index (χ0v) is 21.8. The van der Waals surface area contributed by atoms with Crippen LogP contribution in [-0.2, 0) is 19.9 Å². The van der Waals surface area contributed by atoms with E-state index in [2.05, 4.69) is 40.5 Å². The summed E-state index contributed by atoms with van der Waals surface area (Å²) in [4.78, 5) is 18.3. The number of anilines is 2. The summed E-state index contributed by atoms with van der Waals surface area (Å²) in [6, 6.07) is 10.9. The molecular formula is C27H25F2N9O. The van der Waals surface area contributed by atoms with E-state index in [-0.39, 0.29) is 18.1 Å². The summed E-state index contributed by atoms with van der Waals surface area (Å²) in [6.45, 7) is 11.5. The van der Waals surface area contributed by atoms with Crippen molar-refractivity contribution < 1.29 is 13.5 Å². The number of methoxy groups -OCH3 is 1. The molecule has 0 aliphatic carbocycles. The molecule has 0 amide bonds. The van der Waals surface area contributed by atoms with Crippen molar-refractivity contribution in [1.29, 1.82) is 0 Å². The fourth-order valence-corrected chi connectivity index (χ4v) is 4.45. The Kier molecular flexibility index (Phi) is 6.98. The molecule has 10 nitrogen and oxygen atoms in total. The van der Waals surface area contributed by atoms with E-state index < -0.39 is 6.43 Å². The number of rotatable bonds is 8. The first-order valence-electron chi connectivity index (χ1n) is 12.2. The second-order valence-electron chi connectivity index (χ2n) is 9.31. The van der Waals surface area contributed by atoms with Gasteiger partial charge >= 0.3 is 0 Å². The number of nitrogens with zero attached hydrogens (tertiary/aromatic N) is 8. The number of tetrazole rings is 1. The molecule has 0 fully saturated rings. The molecular weight excluding hydrogens is 504 g/mol. The number of nitrogens with one attached hydrogen (secondary N) is 1. The average molecular weight is 530 g/mol. The van der Waals surface area contributed by atoms with E-state index in [0.717, 1.165) is 5.56 Å². The van der Waals surface area contributed by atoms with Crippen LogP contribution in [0, 0.1) is 6.57 Å². The van der Waals surface area contributed by atoms with Gasteiger partial charge in [-0.1, -0.05) is 32.6 Å². The van der Waals surface area contributed by atoms with Gasteiger partial charge in [0.2, 0.25) is 5.82 Å². The predicted octanol–water partition coefficient (Wildman–Crippen LogP) is 5.58. The summed E-state index contributed by atoms with van der Waals surface area (Å²) in [5.41, 5.74) is 4.37. The van der Waals surface area contributed by atoms with Crippen LogP contribution in [0.4, 0.5) is 31.7 Å². The molecule has 1 aliphatic heterocycles. The maximum Gasteiger partial charge on any atom is 0.277 e. The molecule has 1 aliphatic rings. The second-order valence-corrected chi connectivity index (χ2v) is 9.31. The van der Waals surface area contributed by atoms with Gasteiger partial charge < -0.3 is 14.9 Å². The number of benzene rings is 1. The van der Waals surface area contributed by atoms with Crippen LogP contribution in [0.3, 0.4) is 0 Å². The molecule has 1 N–H and O–H groups in total. The number of halogens is 2. The summed E-state index contributed by atoms with van der Waals surface area (Å²) in [6.07, 6.45) is -2.43. The van der Waals surface area contributed by atoms with Gasteiger partial charge in [-0.25, -0.2) is 13.8 Å². The van der Waals surface area contributed by atoms with E-state index in [1.165, 1.54) is 11.9 Å². The lowest BCUT2D eigenvalue weighted by atomic mass is 10.0. The second kappa shape index (κ2) is 10.5. The van der Waals surface area contributed by atoms with Gasteiger partial charge in [0.05, 0.1) is 54.6 Å². The van der Waals surface area contributed by atoms with Gasteiger partial charge in [-0.15, -0.1) is 15.2 Å². The van der Waals surface area contributed by atoms with Gasteiger partial charge in [-0.2, -0.15) is 4.80 Å². The van der Waals surface area contributed by atoms with E-state index in [1.54, 1.807) is 31.3 Å². The summed E-state index contributed by atoms with van der Waals surface area (Å²) < 4.78 is 32.9. The summed E-state index contributed by atoms with van der Waals surface area (Å²) in [5.74, 6) is 1.35. The minimum atomic E-state index is -2.69. The zero-order valence-electron chi connectivity index (χ0n) is 21.8. The molecule has 0 radical (unpaired) electrons. The van der Waals surface area contributed by atoms with E-state index in [1.807, 2.05) is 26.0 Å². The highest BCUT2D eigenvalue weighted by Gasteiger charge is 2.27. The highest BCUT2D eigenvalue weighted by Crippen LogP contribution is 2.41. The maximum absolute atomic E-state index is 13.6. The first-order valence-corrected chi connectivity index (χ1v) is 12.2. The number of hydrogen-bond acceptors (Lipinski definition) is 8. The number of pyridine rings is 2. The zero-order chi connectivity index (χ0) is 27.7. The van der Waals surface area contributed by atoms with Crippen molar-refractivity contribution in [3.05, 3.63) is 70.5 Å². The molecule has 0 saturated heterocycles. The predicted molar refractivity (Wildman–Crippen MR) is 143 cm³/mol. The Bertz CT molecular complexity index is 1620. The Morgan fingerprint density at radius 1 is 1.13 bits per heavy atom. The summed E-state index contributed by atoms with van der Waals surface area (Å²) in [5, 5.41) is 15.5. The highest BCUT2D eigenvalue weighted by atomic mass is 19.3. The van der Waals surface area contributed by atoms with Crippen LogP contribution in [0.15, 0.2) is 41.4 Å². The number of alkyl halides is 2. The molecule has 39 heavy (non-hydrogen) atoms. The lowest BCUT2D eigenvalue weighted by molar-refractivity contribution is 0.224. The number of ether oxygens (including phenoxy) is 1. The number of aryl methyl sites for hydroxylation is 1. The van der Waals surface area contributed by atoms with Crippen LogP contribution in [0.2, 0.25) is 0 Å². The minimum Gasteiger partial charge on any atom is -0.494 e. The molecule has 12 heteroatoms. The third kappa shape index (κ3) is 5.16. The molecule has 0 bridgehead atoms. The Balaban J connectivity index is 1.55. The van der Waals surface area contributed by atoms with Crippen LogP contribution in [0.25, 0.3) is 16.2 Å². The van der Waals surface area contributed by atoms with Gasteiger partial charge in [-0.05, 0) is 41.0 Å². The first kappa shape index (κ1) is 25.8. The maximum atomic E-state index is 13.6. The lowest BCUT2D eigenvalue weighted by Crippen LogP contribution is -2.10. The largest absolute Gasteiger partial charge is 0.494 e. The monoisotopic (exact) mass is 529 g/mol. The fourth-order valence-electron chi connectivity index (χ4n) is 4.45. The molecule has 5 rings (SSSR count). The van der Waals surface area contributed by atoms with Crippen molar-refractivity contribution in [3.8, 4) is 17.1 Å². The fraction of sp³-hybridized carbons (Fsp3) is 0.296.